The minimum Gasteiger partial charge on any atom is -0.371 e. The zero-order chi connectivity index (χ0) is 14.5. The molecule has 5 heteroatoms. The van der Waals surface area contributed by atoms with Crippen LogP contribution in [-0.4, -0.2) is 24.0 Å². The highest BCUT2D eigenvalue weighted by atomic mass is 19.1. The summed E-state index contributed by atoms with van der Waals surface area (Å²) in [7, 11) is 1.58. The molecule has 1 aliphatic rings. The Morgan fingerprint density at radius 2 is 2.10 bits per heavy atom. The second-order valence-corrected chi connectivity index (χ2v) is 5.37. The maximum atomic E-state index is 14.0. The molecule has 20 heavy (non-hydrogen) atoms. The number of aromatic nitrogens is 1. The topological polar surface area (TPSA) is 54.0 Å². The first-order valence-corrected chi connectivity index (χ1v) is 7.28. The highest BCUT2D eigenvalue weighted by Crippen LogP contribution is 2.26. The van der Waals surface area contributed by atoms with E-state index in [0.717, 1.165) is 31.6 Å². The van der Waals surface area contributed by atoms with E-state index in [-0.39, 0.29) is 23.3 Å². The molecule has 0 spiro atoms. The summed E-state index contributed by atoms with van der Waals surface area (Å²) in [5.74, 6) is -0.0554. The first-order chi connectivity index (χ1) is 9.65. The van der Waals surface area contributed by atoms with Gasteiger partial charge in [-0.05, 0) is 37.7 Å². The molecule has 1 fully saturated rings. The molecule has 0 saturated heterocycles. The fraction of sp³-hybridized carbons (Fsp3) is 0.600. The largest absolute Gasteiger partial charge is 0.371 e. The Kier molecular flexibility index (Phi) is 4.93. The molecule has 2 N–H and O–H groups in total. The Balaban J connectivity index is 1.99. The molecule has 0 unspecified atom stereocenters. The summed E-state index contributed by atoms with van der Waals surface area (Å²) in [6.45, 7) is 2.20. The van der Waals surface area contributed by atoms with Crippen LogP contribution >= 0.6 is 0 Å². The van der Waals surface area contributed by atoms with Gasteiger partial charge in [-0.3, -0.25) is 4.79 Å². The molecule has 1 amide bonds. The molecule has 2 rings (SSSR count). The standard InChI is InChI=1S/C15H22FN3O/c1-3-10-4-6-11(7-5-10)19-15(20)12-8-9-18-14(17-2)13(12)16/h8-11H,3-7H2,1-2H3,(H,17,18)(H,19,20). The molecule has 4 nitrogen and oxygen atoms in total. The Bertz CT molecular complexity index is 470. The average Bonchev–Trinajstić information content (AvgIpc) is 2.48. The van der Waals surface area contributed by atoms with Crippen LogP contribution in [0.3, 0.4) is 0 Å². The summed E-state index contributed by atoms with van der Waals surface area (Å²) in [4.78, 5) is 16.0. The number of hydrogen-bond acceptors (Lipinski definition) is 3. The van der Waals surface area contributed by atoms with Gasteiger partial charge < -0.3 is 10.6 Å². The van der Waals surface area contributed by atoms with E-state index in [4.69, 9.17) is 0 Å². The van der Waals surface area contributed by atoms with E-state index in [1.807, 2.05) is 0 Å². The molecular weight excluding hydrogens is 257 g/mol. The van der Waals surface area contributed by atoms with E-state index < -0.39 is 5.82 Å². The first kappa shape index (κ1) is 14.8. The predicted molar refractivity (Wildman–Crippen MR) is 77.2 cm³/mol. The Morgan fingerprint density at radius 3 is 2.70 bits per heavy atom. The zero-order valence-electron chi connectivity index (χ0n) is 12.1. The van der Waals surface area contributed by atoms with E-state index >= 15 is 0 Å². The van der Waals surface area contributed by atoms with Gasteiger partial charge in [0, 0.05) is 19.3 Å². The van der Waals surface area contributed by atoms with Crippen LogP contribution in [0.25, 0.3) is 0 Å². The third kappa shape index (κ3) is 3.26. The van der Waals surface area contributed by atoms with Crippen LogP contribution in [0, 0.1) is 11.7 Å². The molecule has 110 valence electrons. The normalized spacial score (nSPS) is 22.4. The van der Waals surface area contributed by atoms with Gasteiger partial charge in [0.05, 0.1) is 5.56 Å². The lowest BCUT2D eigenvalue weighted by Crippen LogP contribution is -2.38. The first-order valence-electron chi connectivity index (χ1n) is 7.28. The average molecular weight is 279 g/mol. The highest BCUT2D eigenvalue weighted by molar-refractivity contribution is 5.95. The second-order valence-electron chi connectivity index (χ2n) is 5.37. The molecule has 0 radical (unpaired) electrons. The molecule has 1 aromatic rings. The van der Waals surface area contributed by atoms with E-state index in [9.17, 15) is 9.18 Å². The van der Waals surface area contributed by atoms with E-state index in [1.165, 1.54) is 18.7 Å². The van der Waals surface area contributed by atoms with Crippen molar-refractivity contribution in [3.63, 3.8) is 0 Å². The van der Waals surface area contributed by atoms with E-state index in [0.29, 0.717) is 0 Å². The van der Waals surface area contributed by atoms with Crippen LogP contribution < -0.4 is 10.6 Å². The van der Waals surface area contributed by atoms with Crippen molar-refractivity contribution >= 4 is 11.7 Å². The van der Waals surface area contributed by atoms with Crippen molar-refractivity contribution < 1.29 is 9.18 Å². The Hall–Kier alpha value is -1.65. The number of halogens is 1. The monoisotopic (exact) mass is 279 g/mol. The molecule has 0 aliphatic heterocycles. The van der Waals surface area contributed by atoms with Crippen LogP contribution in [0.15, 0.2) is 12.3 Å². The fourth-order valence-electron chi connectivity index (χ4n) is 2.77. The lowest BCUT2D eigenvalue weighted by Gasteiger charge is -2.28. The van der Waals surface area contributed by atoms with Crippen molar-refractivity contribution in [1.29, 1.82) is 0 Å². The summed E-state index contributed by atoms with van der Waals surface area (Å²) in [6.07, 6.45) is 6.89. The number of carbonyl (C=O) groups excluding carboxylic acids is 1. The molecule has 1 heterocycles. The molecule has 0 atom stereocenters. The molecular formula is C15H22FN3O. The van der Waals surface area contributed by atoms with Crippen molar-refractivity contribution in [1.82, 2.24) is 10.3 Å². The van der Waals surface area contributed by atoms with Crippen molar-refractivity contribution in [3.05, 3.63) is 23.6 Å². The maximum absolute atomic E-state index is 14.0. The Labute approximate surface area is 119 Å². The smallest absolute Gasteiger partial charge is 0.254 e. The minimum absolute atomic E-state index is 0.0574. The van der Waals surface area contributed by atoms with Gasteiger partial charge in [-0.1, -0.05) is 13.3 Å². The summed E-state index contributed by atoms with van der Waals surface area (Å²) in [6, 6.07) is 1.58. The van der Waals surface area contributed by atoms with Crippen LogP contribution in [0.5, 0.6) is 0 Å². The van der Waals surface area contributed by atoms with Gasteiger partial charge in [0.15, 0.2) is 11.6 Å². The van der Waals surface area contributed by atoms with Gasteiger partial charge in [-0.2, -0.15) is 0 Å². The number of rotatable bonds is 4. The van der Waals surface area contributed by atoms with Crippen LogP contribution in [-0.2, 0) is 0 Å². The lowest BCUT2D eigenvalue weighted by atomic mass is 9.84. The number of nitrogens with zero attached hydrogens (tertiary/aromatic N) is 1. The van der Waals surface area contributed by atoms with Gasteiger partial charge >= 0.3 is 0 Å². The number of amides is 1. The number of nitrogens with one attached hydrogen (secondary N) is 2. The Morgan fingerprint density at radius 1 is 1.40 bits per heavy atom. The highest BCUT2D eigenvalue weighted by Gasteiger charge is 2.23. The molecule has 0 aromatic carbocycles. The van der Waals surface area contributed by atoms with Gasteiger partial charge in [0.2, 0.25) is 0 Å². The number of hydrogen-bond donors (Lipinski definition) is 2. The SMILES string of the molecule is CCC1CCC(NC(=O)c2ccnc(NC)c2F)CC1. The second kappa shape index (κ2) is 6.68. The molecule has 1 saturated carbocycles. The minimum atomic E-state index is -0.588. The van der Waals surface area contributed by atoms with Crippen molar-refractivity contribution in [3.8, 4) is 0 Å². The molecule has 0 bridgehead atoms. The quantitative estimate of drug-likeness (QED) is 0.891. The molecule has 1 aromatic heterocycles. The summed E-state index contributed by atoms with van der Waals surface area (Å²) in [5.41, 5.74) is 0.0574. The van der Waals surface area contributed by atoms with Crippen LogP contribution in [0.4, 0.5) is 10.2 Å². The summed E-state index contributed by atoms with van der Waals surface area (Å²) >= 11 is 0. The van der Waals surface area contributed by atoms with Crippen LogP contribution in [0.1, 0.15) is 49.4 Å². The van der Waals surface area contributed by atoms with Gasteiger partial charge in [-0.25, -0.2) is 9.37 Å². The number of carbonyl (C=O) groups is 1. The molecule has 1 aliphatic carbocycles. The predicted octanol–water partition coefficient (Wildman–Crippen LogP) is 2.96. The summed E-state index contributed by atoms with van der Waals surface area (Å²) in [5, 5.41) is 5.58. The fourth-order valence-corrected chi connectivity index (χ4v) is 2.77. The summed E-state index contributed by atoms with van der Waals surface area (Å²) < 4.78 is 14.0. The van der Waals surface area contributed by atoms with E-state index in [2.05, 4.69) is 22.5 Å². The lowest BCUT2D eigenvalue weighted by molar-refractivity contribution is 0.0917. The van der Waals surface area contributed by atoms with E-state index in [1.54, 1.807) is 7.05 Å². The number of pyridine rings is 1. The zero-order valence-corrected chi connectivity index (χ0v) is 12.1. The van der Waals surface area contributed by atoms with Gasteiger partial charge in [0.25, 0.3) is 5.91 Å². The van der Waals surface area contributed by atoms with Crippen LogP contribution in [0.2, 0.25) is 0 Å². The van der Waals surface area contributed by atoms with Crippen molar-refractivity contribution in [2.24, 2.45) is 5.92 Å². The third-order valence-corrected chi connectivity index (χ3v) is 4.13. The maximum Gasteiger partial charge on any atom is 0.254 e. The number of anilines is 1. The van der Waals surface area contributed by atoms with Crippen molar-refractivity contribution in [2.75, 3.05) is 12.4 Å². The third-order valence-electron chi connectivity index (χ3n) is 4.13. The van der Waals surface area contributed by atoms with Gasteiger partial charge in [-0.15, -0.1) is 0 Å². The van der Waals surface area contributed by atoms with Gasteiger partial charge in [0.1, 0.15) is 0 Å². The van der Waals surface area contributed by atoms with Crippen molar-refractivity contribution in [2.45, 2.75) is 45.1 Å².